The minimum atomic E-state index is -1.07. The number of esters is 4. The van der Waals surface area contributed by atoms with Crippen molar-refractivity contribution in [1.29, 1.82) is 0 Å². The minimum absolute atomic E-state index is 0.0378. The highest BCUT2D eigenvalue weighted by molar-refractivity contribution is 5.96. The van der Waals surface area contributed by atoms with Gasteiger partial charge < -0.3 is 48.5 Å². The van der Waals surface area contributed by atoms with Gasteiger partial charge in [0.25, 0.3) is 0 Å². The summed E-state index contributed by atoms with van der Waals surface area (Å²) in [6.45, 7) is 9.13. The van der Waals surface area contributed by atoms with Crippen molar-refractivity contribution >= 4 is 35.8 Å². The molecule has 360 valence electrons. The summed E-state index contributed by atoms with van der Waals surface area (Å²) in [5.74, 6) is -8.41. The third-order valence-electron chi connectivity index (χ3n) is 20.0. The Bertz CT molecular complexity index is 2390. The van der Waals surface area contributed by atoms with Crippen molar-refractivity contribution in [2.75, 3.05) is 13.2 Å². The van der Waals surface area contributed by atoms with E-state index in [0.29, 0.717) is 32.1 Å². The molecular formula is C51H60O16. The number of aliphatic carboxylic acids is 2. The number of carboxylic acid groups (broad SMARTS) is 2. The first kappa shape index (κ1) is 43.1. The minimum Gasteiger partial charge on any atom is -0.481 e. The molecule has 9 heterocycles. The Balaban J connectivity index is 0.891. The molecule has 0 amide bonds. The second-order valence-corrected chi connectivity index (χ2v) is 23.6. The van der Waals surface area contributed by atoms with Gasteiger partial charge in [0, 0.05) is 11.8 Å². The van der Waals surface area contributed by atoms with Crippen LogP contribution in [0.3, 0.4) is 0 Å². The molecule has 24 unspecified atom stereocenters. The van der Waals surface area contributed by atoms with Gasteiger partial charge >= 0.3 is 35.8 Å². The fourth-order valence-electron chi connectivity index (χ4n) is 17.9. The van der Waals surface area contributed by atoms with E-state index in [1.165, 1.54) is 5.57 Å². The van der Waals surface area contributed by atoms with E-state index in [9.17, 15) is 44.1 Å². The molecule has 24 atom stereocenters. The number of aliphatic hydroxyl groups excluding tert-OH is 1. The lowest BCUT2D eigenvalue weighted by atomic mass is 9.55. The van der Waals surface area contributed by atoms with Crippen LogP contribution in [0.1, 0.15) is 79.6 Å². The van der Waals surface area contributed by atoms with E-state index >= 15 is 0 Å². The van der Waals surface area contributed by atoms with Crippen LogP contribution in [0.25, 0.3) is 0 Å². The summed E-state index contributed by atoms with van der Waals surface area (Å²) in [6.07, 6.45) is 1.31. The van der Waals surface area contributed by atoms with Crippen LogP contribution in [0.4, 0.5) is 0 Å². The van der Waals surface area contributed by atoms with Gasteiger partial charge in [-0.05, 0) is 153 Å². The Labute approximate surface area is 387 Å². The highest BCUT2D eigenvalue weighted by atomic mass is 16.6. The van der Waals surface area contributed by atoms with Gasteiger partial charge in [-0.15, -0.1) is 0 Å². The number of aliphatic hydroxyl groups is 1. The number of ether oxygens (including phenoxy) is 7. The number of carboxylic acids is 2. The Morgan fingerprint density at radius 1 is 0.642 bits per heavy atom. The first-order valence-corrected chi connectivity index (χ1v) is 24.9. The van der Waals surface area contributed by atoms with Gasteiger partial charge in [-0.25, -0.2) is 0 Å². The molecule has 4 aliphatic carbocycles. The molecule has 9 aliphatic heterocycles. The molecule has 10 fully saturated rings. The molecule has 67 heavy (non-hydrogen) atoms. The number of cyclic esters (lactones) is 2. The molecule has 0 aromatic carbocycles. The number of carbonyl (C=O) groups excluding carboxylic acids is 4. The maximum absolute atomic E-state index is 13.7. The number of rotatable bonds is 12. The van der Waals surface area contributed by atoms with Crippen LogP contribution >= 0.6 is 0 Å². The number of fused-ring (bicyclic) bond motifs is 27. The Morgan fingerprint density at radius 3 is 1.82 bits per heavy atom. The molecule has 4 saturated carbocycles. The van der Waals surface area contributed by atoms with Gasteiger partial charge in [0.2, 0.25) is 0 Å². The zero-order valence-electron chi connectivity index (χ0n) is 38.4. The van der Waals surface area contributed by atoms with Gasteiger partial charge in [0.1, 0.15) is 12.2 Å². The average molecular weight is 929 g/mol. The van der Waals surface area contributed by atoms with Gasteiger partial charge in [-0.1, -0.05) is 6.92 Å². The Kier molecular flexibility index (Phi) is 9.36. The molecule has 0 aromatic heterocycles. The van der Waals surface area contributed by atoms with Crippen molar-refractivity contribution in [2.45, 2.75) is 134 Å². The smallest absolute Gasteiger partial charge is 0.317 e. The molecule has 16 heteroatoms. The third-order valence-corrected chi connectivity index (χ3v) is 20.0. The monoisotopic (exact) mass is 928 g/mol. The first-order valence-electron chi connectivity index (χ1n) is 24.9. The van der Waals surface area contributed by atoms with Gasteiger partial charge in [-0.2, -0.15) is 0 Å². The van der Waals surface area contributed by atoms with Crippen LogP contribution in [0, 0.1) is 94.7 Å². The molecule has 13 rings (SSSR count). The zero-order valence-corrected chi connectivity index (χ0v) is 38.4. The van der Waals surface area contributed by atoms with Crippen molar-refractivity contribution in [2.24, 2.45) is 94.7 Å². The number of carbonyl (C=O) groups is 6. The SMILES string of the molecule is CC1=C(CC2=C(CC3=C(CC4C(=O)OC(=O)C4C)C4OC3C3C5OC(C43)C3C4CC(C(C(=O)O)C4C(=O)O)C53)C3OC2C2C4CC(C(=O)OCCO)C(C4)C32)C2OC1CC2C(=O)OC(C)(C)C. The highest BCUT2D eigenvalue weighted by Crippen LogP contribution is 2.73. The maximum atomic E-state index is 13.7. The van der Waals surface area contributed by atoms with Crippen LogP contribution in [-0.2, 0) is 61.9 Å². The van der Waals surface area contributed by atoms with Crippen LogP contribution in [0.15, 0.2) is 33.4 Å². The largest absolute Gasteiger partial charge is 0.481 e. The quantitative estimate of drug-likeness (QED) is 0.109. The lowest BCUT2D eigenvalue weighted by Crippen LogP contribution is -2.52. The molecule has 3 N–H and O–H groups in total. The summed E-state index contributed by atoms with van der Waals surface area (Å²) in [4.78, 5) is 78.8. The molecule has 13 aliphatic rings. The second-order valence-electron chi connectivity index (χ2n) is 23.6. The summed E-state index contributed by atoms with van der Waals surface area (Å²) in [6, 6.07) is 0. The van der Waals surface area contributed by atoms with Crippen LogP contribution < -0.4 is 0 Å². The van der Waals surface area contributed by atoms with Crippen LogP contribution in [0.5, 0.6) is 0 Å². The molecular weight excluding hydrogens is 869 g/mol. The van der Waals surface area contributed by atoms with E-state index in [-0.39, 0.29) is 127 Å². The van der Waals surface area contributed by atoms with Crippen molar-refractivity contribution in [3.8, 4) is 0 Å². The van der Waals surface area contributed by atoms with Gasteiger partial charge in [0.05, 0.1) is 90.9 Å². The molecule has 0 radical (unpaired) electrons. The van der Waals surface area contributed by atoms with Crippen LogP contribution in [0.2, 0.25) is 0 Å². The lowest BCUT2D eigenvalue weighted by molar-refractivity contribution is -0.161. The van der Waals surface area contributed by atoms with Crippen molar-refractivity contribution in [3.63, 3.8) is 0 Å². The van der Waals surface area contributed by atoms with Crippen molar-refractivity contribution in [1.82, 2.24) is 0 Å². The topological polar surface area (TPSA) is 228 Å². The second kappa shape index (κ2) is 14.6. The number of hydrogen-bond donors (Lipinski definition) is 3. The molecule has 12 bridgehead atoms. The van der Waals surface area contributed by atoms with E-state index in [0.717, 1.165) is 34.3 Å². The predicted molar refractivity (Wildman–Crippen MR) is 225 cm³/mol. The third kappa shape index (κ3) is 5.76. The lowest BCUT2D eigenvalue weighted by Gasteiger charge is -2.44. The predicted octanol–water partition coefficient (Wildman–Crippen LogP) is 3.81. The Morgan fingerprint density at radius 2 is 1.24 bits per heavy atom. The van der Waals surface area contributed by atoms with E-state index < -0.39 is 77.4 Å². The van der Waals surface area contributed by atoms with Crippen molar-refractivity contribution < 1.29 is 77.2 Å². The maximum Gasteiger partial charge on any atom is 0.317 e. The fourth-order valence-corrected chi connectivity index (χ4v) is 17.9. The zero-order chi connectivity index (χ0) is 46.6. The number of hydrogen-bond acceptors (Lipinski definition) is 14. The molecule has 0 spiro atoms. The van der Waals surface area contributed by atoms with E-state index in [1.807, 2.05) is 20.8 Å². The van der Waals surface area contributed by atoms with Gasteiger partial charge in [-0.3, -0.25) is 28.8 Å². The summed E-state index contributed by atoms with van der Waals surface area (Å²) in [7, 11) is 0. The molecule has 0 aromatic rings. The standard InChI is InChI=1S/C51H60O16/c1-15-18(38-28(14-29(15)62-38)50(60)67-51(3,4)5)10-21-23(40-31-20-8-17(30(31)39(21)63-40)9-25(20)48(58)61-7-6-52)12-24-22(11-19-16(2)47(57)66-49(19)59)41-36-37(42(24)64-41)44-33-27-13-26(32(33)43(36)65-44)34(45(53)54)35(27)46(55)56/h16-17,19-20,25-44,52H,6-14H2,1-5H3,(H,53,54)(H,55,56). The first-order chi connectivity index (χ1) is 31.9. The van der Waals surface area contributed by atoms with E-state index in [1.54, 1.807) is 6.92 Å². The summed E-state index contributed by atoms with van der Waals surface area (Å²) in [5, 5.41) is 30.2. The van der Waals surface area contributed by atoms with Gasteiger partial charge in [0.15, 0.2) is 0 Å². The van der Waals surface area contributed by atoms with E-state index in [4.69, 9.17) is 33.2 Å². The normalized spacial score (nSPS) is 49.5. The molecule has 6 saturated heterocycles. The Hall–Kier alpha value is -3.96. The van der Waals surface area contributed by atoms with E-state index in [2.05, 4.69) is 6.92 Å². The molecule has 16 nitrogen and oxygen atoms in total. The van der Waals surface area contributed by atoms with Crippen molar-refractivity contribution in [3.05, 3.63) is 33.4 Å². The summed E-state index contributed by atoms with van der Waals surface area (Å²) in [5.41, 5.74) is 5.83. The average Bonchev–Trinajstić information content (AvgIpc) is 4.11. The fraction of sp³-hybridized carbons (Fsp3) is 0.765. The summed E-state index contributed by atoms with van der Waals surface area (Å²) < 4.78 is 44.4. The van der Waals surface area contributed by atoms with Crippen LogP contribution in [-0.4, -0.2) is 119 Å². The highest BCUT2D eigenvalue weighted by Gasteiger charge is 2.78. The summed E-state index contributed by atoms with van der Waals surface area (Å²) >= 11 is 0.